The quantitative estimate of drug-likeness (QED) is 0.931. The minimum Gasteiger partial charge on any atom is -0.370 e. The molecule has 1 saturated heterocycles. The van der Waals surface area contributed by atoms with Crippen LogP contribution in [-0.4, -0.2) is 28.8 Å². The summed E-state index contributed by atoms with van der Waals surface area (Å²) in [5.74, 6) is 0.0742. The van der Waals surface area contributed by atoms with Crippen molar-refractivity contribution in [1.29, 1.82) is 0 Å². The van der Waals surface area contributed by atoms with Crippen LogP contribution in [0.25, 0.3) is 0 Å². The van der Waals surface area contributed by atoms with Crippen molar-refractivity contribution in [2.45, 2.75) is 26.7 Å². The molecule has 0 radical (unpaired) electrons. The number of carbonyl (C=O) groups is 1. The molecule has 0 unspecified atom stereocenters. The first-order chi connectivity index (χ1) is 11.9. The van der Waals surface area contributed by atoms with E-state index in [0.717, 1.165) is 42.9 Å². The number of anilines is 2. The van der Waals surface area contributed by atoms with E-state index in [-0.39, 0.29) is 17.4 Å². The van der Waals surface area contributed by atoms with E-state index in [1.807, 2.05) is 26.0 Å². The standard InChI is InChI=1S/C19H24N4O2/c1-13-4-5-17(14(2)10-13)21-19(25)15-6-8-23(9-7-15)16-11-18(24)22(3)20-12-16/h4-5,10-12,15H,6-9H2,1-3H3,(H,21,25). The van der Waals surface area contributed by atoms with Crippen molar-refractivity contribution in [3.05, 3.63) is 51.9 Å². The number of carbonyl (C=O) groups excluding carboxylic acids is 1. The van der Waals surface area contributed by atoms with Crippen molar-refractivity contribution in [2.24, 2.45) is 13.0 Å². The molecule has 2 aromatic rings. The molecule has 1 N–H and O–H groups in total. The molecule has 1 aliphatic heterocycles. The molecule has 132 valence electrons. The van der Waals surface area contributed by atoms with Crippen LogP contribution in [0.5, 0.6) is 0 Å². The summed E-state index contributed by atoms with van der Waals surface area (Å²) >= 11 is 0. The number of hydrogen-bond donors (Lipinski definition) is 1. The molecule has 0 spiro atoms. The molecule has 25 heavy (non-hydrogen) atoms. The van der Waals surface area contributed by atoms with Crippen LogP contribution in [0.1, 0.15) is 24.0 Å². The van der Waals surface area contributed by atoms with Gasteiger partial charge < -0.3 is 10.2 Å². The number of amides is 1. The Bertz CT molecular complexity index is 836. The average molecular weight is 340 g/mol. The molecule has 6 nitrogen and oxygen atoms in total. The van der Waals surface area contributed by atoms with Gasteiger partial charge in [0, 0.05) is 37.8 Å². The Morgan fingerprint density at radius 1 is 1.20 bits per heavy atom. The lowest BCUT2D eigenvalue weighted by atomic mass is 9.95. The topological polar surface area (TPSA) is 67.2 Å². The largest absolute Gasteiger partial charge is 0.370 e. The van der Waals surface area contributed by atoms with Gasteiger partial charge in [-0.2, -0.15) is 5.10 Å². The van der Waals surface area contributed by atoms with E-state index in [1.165, 1.54) is 10.2 Å². The third kappa shape index (κ3) is 3.90. The Balaban J connectivity index is 1.60. The minimum absolute atomic E-state index is 0.00328. The van der Waals surface area contributed by atoms with E-state index in [0.29, 0.717) is 0 Å². The summed E-state index contributed by atoms with van der Waals surface area (Å²) in [4.78, 5) is 26.4. The van der Waals surface area contributed by atoms with Crippen molar-refractivity contribution in [2.75, 3.05) is 23.3 Å². The number of benzene rings is 1. The van der Waals surface area contributed by atoms with Crippen molar-refractivity contribution in [1.82, 2.24) is 9.78 Å². The summed E-state index contributed by atoms with van der Waals surface area (Å²) < 4.78 is 1.31. The Labute approximate surface area is 147 Å². The van der Waals surface area contributed by atoms with Crippen molar-refractivity contribution in [3.63, 3.8) is 0 Å². The van der Waals surface area contributed by atoms with Crippen LogP contribution in [0.3, 0.4) is 0 Å². The van der Waals surface area contributed by atoms with Gasteiger partial charge in [0.1, 0.15) is 0 Å². The van der Waals surface area contributed by atoms with Gasteiger partial charge in [0.2, 0.25) is 5.91 Å². The predicted molar refractivity (Wildman–Crippen MR) is 99.0 cm³/mol. The fourth-order valence-corrected chi connectivity index (χ4v) is 3.22. The first-order valence-corrected chi connectivity index (χ1v) is 8.60. The summed E-state index contributed by atoms with van der Waals surface area (Å²) in [6, 6.07) is 7.64. The van der Waals surface area contributed by atoms with E-state index < -0.39 is 0 Å². The van der Waals surface area contributed by atoms with Crippen LogP contribution in [0.15, 0.2) is 35.3 Å². The number of aromatic nitrogens is 2. The number of rotatable bonds is 3. The fraction of sp³-hybridized carbons (Fsp3) is 0.421. The van der Waals surface area contributed by atoms with Crippen molar-refractivity contribution >= 4 is 17.3 Å². The zero-order valence-electron chi connectivity index (χ0n) is 15.0. The molecule has 1 fully saturated rings. The monoisotopic (exact) mass is 340 g/mol. The second-order valence-corrected chi connectivity index (χ2v) is 6.74. The van der Waals surface area contributed by atoms with Gasteiger partial charge in [0.25, 0.3) is 5.56 Å². The summed E-state index contributed by atoms with van der Waals surface area (Å²) in [6.45, 7) is 5.55. The highest BCUT2D eigenvalue weighted by atomic mass is 16.2. The molecule has 0 atom stereocenters. The van der Waals surface area contributed by atoms with E-state index in [9.17, 15) is 9.59 Å². The second-order valence-electron chi connectivity index (χ2n) is 6.74. The molecule has 0 bridgehead atoms. The molecule has 0 saturated carbocycles. The summed E-state index contributed by atoms with van der Waals surface area (Å²) in [5.41, 5.74) is 3.86. The SMILES string of the molecule is Cc1ccc(NC(=O)C2CCN(c3cnn(C)c(=O)c3)CC2)c(C)c1. The summed E-state index contributed by atoms with van der Waals surface area (Å²) in [7, 11) is 1.63. The number of hydrogen-bond acceptors (Lipinski definition) is 4. The molecule has 6 heteroatoms. The highest BCUT2D eigenvalue weighted by Gasteiger charge is 2.25. The van der Waals surface area contributed by atoms with E-state index in [2.05, 4.69) is 21.4 Å². The summed E-state index contributed by atoms with van der Waals surface area (Å²) in [6.07, 6.45) is 3.25. The van der Waals surface area contributed by atoms with Crippen molar-refractivity contribution in [3.8, 4) is 0 Å². The zero-order valence-corrected chi connectivity index (χ0v) is 15.0. The molecule has 0 aliphatic carbocycles. The number of nitrogens with one attached hydrogen (secondary N) is 1. The van der Waals surface area contributed by atoms with Crippen LogP contribution < -0.4 is 15.8 Å². The Kier molecular flexibility index (Phi) is 4.88. The molecule has 3 rings (SSSR count). The lowest BCUT2D eigenvalue weighted by Crippen LogP contribution is -2.39. The van der Waals surface area contributed by atoms with Crippen LogP contribution in [-0.2, 0) is 11.8 Å². The van der Waals surface area contributed by atoms with Crippen LogP contribution >= 0.6 is 0 Å². The second kappa shape index (κ2) is 7.09. The highest BCUT2D eigenvalue weighted by molar-refractivity contribution is 5.93. The fourth-order valence-electron chi connectivity index (χ4n) is 3.22. The Hall–Kier alpha value is -2.63. The molecule has 1 aromatic carbocycles. The number of piperidine rings is 1. The zero-order chi connectivity index (χ0) is 18.0. The Morgan fingerprint density at radius 3 is 2.56 bits per heavy atom. The minimum atomic E-state index is -0.118. The normalized spacial score (nSPS) is 15.2. The van der Waals surface area contributed by atoms with E-state index in [1.54, 1.807) is 19.3 Å². The maximum Gasteiger partial charge on any atom is 0.268 e. The van der Waals surface area contributed by atoms with E-state index >= 15 is 0 Å². The van der Waals surface area contributed by atoms with Crippen LogP contribution in [0.2, 0.25) is 0 Å². The van der Waals surface area contributed by atoms with Gasteiger partial charge in [-0.1, -0.05) is 17.7 Å². The van der Waals surface area contributed by atoms with Gasteiger partial charge in [-0.25, -0.2) is 4.68 Å². The highest BCUT2D eigenvalue weighted by Crippen LogP contribution is 2.24. The van der Waals surface area contributed by atoms with Crippen molar-refractivity contribution < 1.29 is 4.79 Å². The van der Waals surface area contributed by atoms with Crippen LogP contribution in [0.4, 0.5) is 11.4 Å². The molecule has 1 aromatic heterocycles. The van der Waals surface area contributed by atoms with Gasteiger partial charge in [-0.15, -0.1) is 0 Å². The maximum absolute atomic E-state index is 12.6. The maximum atomic E-state index is 12.6. The predicted octanol–water partition coefficient (Wildman–Crippen LogP) is 2.25. The van der Waals surface area contributed by atoms with Gasteiger partial charge in [0.05, 0.1) is 11.9 Å². The first kappa shape index (κ1) is 17.2. The van der Waals surface area contributed by atoms with Gasteiger partial charge in [-0.3, -0.25) is 9.59 Å². The van der Waals surface area contributed by atoms with E-state index in [4.69, 9.17) is 0 Å². The molecular formula is C19H24N4O2. The third-order valence-corrected chi connectivity index (χ3v) is 4.82. The van der Waals surface area contributed by atoms with Crippen LogP contribution in [0, 0.1) is 19.8 Å². The first-order valence-electron chi connectivity index (χ1n) is 8.60. The molecule has 1 aliphatic rings. The lowest BCUT2D eigenvalue weighted by Gasteiger charge is -2.32. The third-order valence-electron chi connectivity index (χ3n) is 4.82. The molecule has 2 heterocycles. The van der Waals surface area contributed by atoms with Gasteiger partial charge in [0.15, 0.2) is 0 Å². The molecule has 1 amide bonds. The smallest absolute Gasteiger partial charge is 0.268 e. The summed E-state index contributed by atoms with van der Waals surface area (Å²) in [5, 5.41) is 7.12. The average Bonchev–Trinajstić information content (AvgIpc) is 2.60. The van der Waals surface area contributed by atoms with Gasteiger partial charge in [-0.05, 0) is 38.3 Å². The van der Waals surface area contributed by atoms with Gasteiger partial charge >= 0.3 is 0 Å². The lowest BCUT2D eigenvalue weighted by molar-refractivity contribution is -0.120. The number of aryl methyl sites for hydroxylation is 3. The Morgan fingerprint density at radius 2 is 1.92 bits per heavy atom. The molecular weight excluding hydrogens is 316 g/mol. The number of nitrogens with zero attached hydrogens (tertiary/aromatic N) is 3.